The van der Waals surface area contributed by atoms with Crippen LogP contribution in [0.3, 0.4) is 0 Å². The first-order valence-corrected chi connectivity index (χ1v) is 7.93. The van der Waals surface area contributed by atoms with Crippen LogP contribution in [-0.4, -0.2) is 25.6 Å². The molecule has 0 aliphatic rings. The van der Waals surface area contributed by atoms with Crippen molar-refractivity contribution < 1.29 is 19.1 Å². The highest BCUT2D eigenvalue weighted by Gasteiger charge is 2.18. The average molecular weight is 383 g/mol. The van der Waals surface area contributed by atoms with E-state index >= 15 is 0 Å². The van der Waals surface area contributed by atoms with Crippen molar-refractivity contribution in [3.8, 4) is 5.75 Å². The number of nitrogens with two attached hydrogens (primary N) is 1. The van der Waals surface area contributed by atoms with Gasteiger partial charge in [0.1, 0.15) is 11.3 Å². The van der Waals surface area contributed by atoms with E-state index in [2.05, 4.69) is 5.32 Å². The first-order valence-electron chi connectivity index (χ1n) is 7.18. The van der Waals surface area contributed by atoms with Gasteiger partial charge in [-0.25, -0.2) is 4.79 Å². The van der Waals surface area contributed by atoms with Crippen LogP contribution in [0.4, 0.5) is 11.4 Å². The maximum absolute atomic E-state index is 12.2. The number of nitrogens with one attached hydrogen (secondary N) is 1. The summed E-state index contributed by atoms with van der Waals surface area (Å²) in [6.07, 6.45) is 0. The zero-order chi connectivity index (χ0) is 18.6. The molecule has 0 fully saturated rings. The summed E-state index contributed by atoms with van der Waals surface area (Å²) >= 11 is 11.8. The number of esters is 1. The van der Waals surface area contributed by atoms with Gasteiger partial charge in [0.2, 0.25) is 0 Å². The van der Waals surface area contributed by atoms with Gasteiger partial charge in [-0.1, -0.05) is 29.3 Å². The van der Waals surface area contributed by atoms with Gasteiger partial charge in [-0.05, 0) is 30.7 Å². The minimum atomic E-state index is -0.753. The van der Waals surface area contributed by atoms with Crippen LogP contribution in [0.2, 0.25) is 10.0 Å². The zero-order valence-corrected chi connectivity index (χ0v) is 15.1. The number of rotatable bonds is 5. The Labute approximate surface area is 154 Å². The molecule has 0 spiro atoms. The Morgan fingerprint density at radius 3 is 2.60 bits per heavy atom. The van der Waals surface area contributed by atoms with Crippen molar-refractivity contribution in [2.24, 2.45) is 0 Å². The lowest BCUT2D eigenvalue weighted by molar-refractivity contribution is -0.119. The van der Waals surface area contributed by atoms with E-state index in [1.54, 1.807) is 18.2 Å². The summed E-state index contributed by atoms with van der Waals surface area (Å²) in [5.74, 6) is -1.05. The van der Waals surface area contributed by atoms with Gasteiger partial charge in [-0.2, -0.15) is 0 Å². The molecule has 0 saturated carbocycles. The zero-order valence-electron chi connectivity index (χ0n) is 13.6. The lowest BCUT2D eigenvalue weighted by Gasteiger charge is -2.11. The molecule has 0 saturated heterocycles. The molecular formula is C17H16Cl2N2O4. The van der Waals surface area contributed by atoms with Crippen molar-refractivity contribution in [2.45, 2.75) is 6.92 Å². The number of halogens is 2. The molecule has 0 unspecified atom stereocenters. The quantitative estimate of drug-likeness (QED) is 0.607. The number of nitrogen functional groups attached to an aromatic ring is 1. The van der Waals surface area contributed by atoms with Crippen LogP contribution in [0.15, 0.2) is 30.3 Å². The number of anilines is 2. The van der Waals surface area contributed by atoms with Crippen LogP contribution >= 0.6 is 23.2 Å². The molecule has 0 bridgehead atoms. The highest BCUT2D eigenvalue weighted by Crippen LogP contribution is 2.29. The molecule has 8 heteroatoms. The Morgan fingerprint density at radius 2 is 1.92 bits per heavy atom. The van der Waals surface area contributed by atoms with Crippen LogP contribution in [0.5, 0.6) is 5.75 Å². The average Bonchev–Trinajstić information content (AvgIpc) is 2.58. The molecule has 1 amide bonds. The van der Waals surface area contributed by atoms with E-state index in [-0.39, 0.29) is 22.0 Å². The molecule has 0 aliphatic heterocycles. The van der Waals surface area contributed by atoms with E-state index in [9.17, 15) is 9.59 Å². The largest absolute Gasteiger partial charge is 0.496 e. The molecule has 0 heterocycles. The molecule has 0 aromatic heterocycles. The summed E-state index contributed by atoms with van der Waals surface area (Å²) in [7, 11) is 1.38. The highest BCUT2D eigenvalue weighted by atomic mass is 35.5. The van der Waals surface area contributed by atoms with Crippen molar-refractivity contribution in [1.29, 1.82) is 0 Å². The fraction of sp³-hybridized carbons (Fsp3) is 0.176. The first-order chi connectivity index (χ1) is 11.8. The van der Waals surface area contributed by atoms with Gasteiger partial charge in [0, 0.05) is 16.8 Å². The second kappa shape index (κ2) is 8.09. The third-order valence-electron chi connectivity index (χ3n) is 3.35. The highest BCUT2D eigenvalue weighted by molar-refractivity contribution is 6.33. The van der Waals surface area contributed by atoms with Gasteiger partial charge >= 0.3 is 5.97 Å². The van der Waals surface area contributed by atoms with E-state index in [1.165, 1.54) is 19.2 Å². The van der Waals surface area contributed by atoms with Crippen molar-refractivity contribution in [2.75, 3.05) is 24.8 Å². The van der Waals surface area contributed by atoms with Crippen molar-refractivity contribution in [3.05, 3.63) is 51.5 Å². The number of hydrogen-bond acceptors (Lipinski definition) is 5. The molecule has 0 atom stereocenters. The van der Waals surface area contributed by atoms with Gasteiger partial charge in [0.25, 0.3) is 5.91 Å². The summed E-state index contributed by atoms with van der Waals surface area (Å²) in [6.45, 7) is 1.34. The molecule has 2 rings (SSSR count). The van der Waals surface area contributed by atoms with E-state index in [0.29, 0.717) is 10.7 Å². The van der Waals surface area contributed by atoms with Gasteiger partial charge in [0.15, 0.2) is 6.61 Å². The smallest absolute Gasteiger partial charge is 0.342 e. The second-order valence-corrected chi connectivity index (χ2v) is 6.00. The monoisotopic (exact) mass is 382 g/mol. The molecular weight excluding hydrogens is 367 g/mol. The Hall–Kier alpha value is -2.44. The Bertz CT molecular complexity index is 825. The van der Waals surface area contributed by atoms with Crippen molar-refractivity contribution >= 4 is 46.5 Å². The topological polar surface area (TPSA) is 90.7 Å². The first kappa shape index (κ1) is 18.9. The predicted molar refractivity (Wildman–Crippen MR) is 97.5 cm³/mol. The summed E-state index contributed by atoms with van der Waals surface area (Å²) in [6, 6.07) is 7.83. The molecule has 2 aromatic carbocycles. The maximum Gasteiger partial charge on any atom is 0.342 e. The van der Waals surface area contributed by atoms with Gasteiger partial charge in [-0.15, -0.1) is 0 Å². The second-order valence-electron chi connectivity index (χ2n) is 5.16. The predicted octanol–water partition coefficient (Wildman–Crippen LogP) is 3.69. The molecule has 0 aliphatic carbocycles. The number of aryl methyl sites for hydroxylation is 1. The summed E-state index contributed by atoms with van der Waals surface area (Å²) in [5, 5.41) is 3.30. The van der Waals surface area contributed by atoms with Crippen molar-refractivity contribution in [1.82, 2.24) is 0 Å². The van der Waals surface area contributed by atoms with Gasteiger partial charge < -0.3 is 20.5 Å². The molecule has 3 N–H and O–H groups in total. The van der Waals surface area contributed by atoms with Crippen LogP contribution in [0.1, 0.15) is 15.9 Å². The summed E-state index contributed by atoms with van der Waals surface area (Å²) < 4.78 is 10.1. The van der Waals surface area contributed by atoms with E-state index in [4.69, 9.17) is 38.4 Å². The molecule has 25 heavy (non-hydrogen) atoms. The lowest BCUT2D eigenvalue weighted by atomic mass is 10.2. The molecule has 0 radical (unpaired) electrons. The SMILES string of the molecule is COc1cc(N)c(Cl)cc1C(=O)OCC(=O)Nc1cc(Cl)ccc1C. The van der Waals surface area contributed by atoms with E-state index in [1.807, 2.05) is 6.92 Å². The van der Waals surface area contributed by atoms with Gasteiger partial charge in [-0.3, -0.25) is 4.79 Å². The van der Waals surface area contributed by atoms with Crippen LogP contribution in [0.25, 0.3) is 0 Å². The van der Waals surface area contributed by atoms with E-state index in [0.717, 1.165) is 5.56 Å². The Morgan fingerprint density at radius 1 is 1.20 bits per heavy atom. The number of ether oxygens (including phenoxy) is 2. The summed E-state index contributed by atoms with van der Waals surface area (Å²) in [4.78, 5) is 24.1. The van der Waals surface area contributed by atoms with Crippen LogP contribution in [-0.2, 0) is 9.53 Å². The Kier molecular flexibility index (Phi) is 6.12. The number of hydrogen-bond donors (Lipinski definition) is 2. The fourth-order valence-electron chi connectivity index (χ4n) is 2.02. The number of amides is 1. The minimum absolute atomic E-state index is 0.0773. The van der Waals surface area contributed by atoms with E-state index < -0.39 is 18.5 Å². The third kappa shape index (κ3) is 4.78. The normalized spacial score (nSPS) is 10.2. The van der Waals surface area contributed by atoms with Crippen molar-refractivity contribution in [3.63, 3.8) is 0 Å². The third-order valence-corrected chi connectivity index (χ3v) is 3.91. The number of carbonyl (C=O) groups excluding carboxylic acids is 2. The standard InChI is InChI=1S/C17H16Cl2N2O4/c1-9-3-4-10(18)5-14(9)21-16(22)8-25-17(23)11-6-12(19)13(20)7-15(11)24-2/h3-7H,8,20H2,1-2H3,(H,21,22). The van der Waals surface area contributed by atoms with Crippen LogP contribution < -0.4 is 15.8 Å². The number of methoxy groups -OCH3 is 1. The van der Waals surface area contributed by atoms with Crippen LogP contribution in [0, 0.1) is 6.92 Å². The fourth-order valence-corrected chi connectivity index (χ4v) is 2.36. The molecule has 6 nitrogen and oxygen atoms in total. The van der Waals surface area contributed by atoms with Gasteiger partial charge in [0.05, 0.1) is 17.8 Å². The minimum Gasteiger partial charge on any atom is -0.496 e. The number of benzene rings is 2. The molecule has 132 valence electrons. The number of carbonyl (C=O) groups is 2. The maximum atomic E-state index is 12.2. The Balaban J connectivity index is 2.03. The molecule has 2 aromatic rings. The lowest BCUT2D eigenvalue weighted by Crippen LogP contribution is -2.21. The summed E-state index contributed by atoms with van der Waals surface area (Å²) in [5.41, 5.74) is 7.38.